The first-order valence-corrected chi connectivity index (χ1v) is 11.2. The highest BCUT2D eigenvalue weighted by Crippen LogP contribution is 2.64. The van der Waals surface area contributed by atoms with Crippen LogP contribution < -0.4 is 9.47 Å². The van der Waals surface area contributed by atoms with Crippen molar-refractivity contribution in [2.24, 2.45) is 0 Å². The number of rotatable bonds is 0. The van der Waals surface area contributed by atoms with Gasteiger partial charge >= 0.3 is 11.9 Å². The molecule has 0 saturated heterocycles. The van der Waals surface area contributed by atoms with Gasteiger partial charge in [-0.25, -0.2) is 9.59 Å². The average Bonchev–Trinajstić information content (AvgIpc) is 3.41. The topological polar surface area (TPSA) is 78.9 Å². The molecule has 7 bridgehead atoms. The van der Waals surface area contributed by atoms with Crippen molar-refractivity contribution in [1.29, 1.82) is 0 Å². The van der Waals surface area contributed by atoms with Gasteiger partial charge in [0, 0.05) is 22.9 Å². The summed E-state index contributed by atoms with van der Waals surface area (Å²) in [6.45, 7) is 0. The maximum absolute atomic E-state index is 12.6. The molecule has 6 nitrogen and oxygen atoms in total. The summed E-state index contributed by atoms with van der Waals surface area (Å²) < 4.78 is 23.7. The predicted molar refractivity (Wildman–Crippen MR) is 127 cm³/mol. The SMILES string of the molecule is O=C1/C=C\C(=O)Oc2cccc3oc4cc5cc(c4c23)C52c3cc2c2c(c3)oc3cccc(c32)O1. The van der Waals surface area contributed by atoms with Crippen molar-refractivity contribution in [3.8, 4) is 11.5 Å². The van der Waals surface area contributed by atoms with E-state index in [1.165, 1.54) is 0 Å². The Labute approximate surface area is 195 Å². The Morgan fingerprint density at radius 2 is 1.03 bits per heavy atom. The normalized spacial score (nSPS) is 17.6. The lowest BCUT2D eigenvalue weighted by Crippen LogP contribution is -2.43. The van der Waals surface area contributed by atoms with Crippen LogP contribution >= 0.6 is 0 Å². The van der Waals surface area contributed by atoms with Gasteiger partial charge in [-0.05, 0) is 58.7 Å². The van der Waals surface area contributed by atoms with Gasteiger partial charge in [0.25, 0.3) is 0 Å². The Kier molecular flexibility index (Phi) is 2.74. The van der Waals surface area contributed by atoms with Gasteiger partial charge in [0.15, 0.2) is 0 Å². The predicted octanol–water partition coefficient (Wildman–Crippen LogP) is 5.88. The van der Waals surface area contributed by atoms with Crippen LogP contribution in [0.15, 0.2) is 81.7 Å². The highest BCUT2D eigenvalue weighted by molar-refractivity contribution is 6.18. The fourth-order valence-corrected chi connectivity index (χ4v) is 6.22. The number of ether oxygens (including phenoxy) is 2. The second-order valence-electron chi connectivity index (χ2n) is 9.18. The van der Waals surface area contributed by atoms with E-state index in [0.29, 0.717) is 22.7 Å². The molecule has 5 aliphatic rings. The molecule has 6 heteroatoms. The van der Waals surface area contributed by atoms with Crippen molar-refractivity contribution in [3.63, 3.8) is 0 Å². The van der Waals surface area contributed by atoms with Gasteiger partial charge in [0.2, 0.25) is 0 Å². The maximum atomic E-state index is 12.6. The van der Waals surface area contributed by atoms with E-state index in [1.807, 2.05) is 12.1 Å². The molecule has 4 aromatic carbocycles. The van der Waals surface area contributed by atoms with Crippen LogP contribution in [-0.4, -0.2) is 11.9 Å². The molecule has 2 aromatic heterocycles. The van der Waals surface area contributed by atoms with Crippen LogP contribution in [0, 0.1) is 0 Å². The van der Waals surface area contributed by atoms with E-state index in [1.54, 1.807) is 24.3 Å². The minimum absolute atomic E-state index is 0.382. The fraction of sp³-hybridized carbons (Fsp3) is 0.0345. The Bertz CT molecular complexity index is 1900. The van der Waals surface area contributed by atoms with Crippen molar-refractivity contribution in [1.82, 2.24) is 0 Å². The number of carbonyl (C=O) groups is 2. The highest BCUT2D eigenvalue weighted by Gasteiger charge is 2.54. The Balaban J connectivity index is 1.45. The Morgan fingerprint density at radius 1 is 0.543 bits per heavy atom. The van der Waals surface area contributed by atoms with Crippen molar-refractivity contribution in [2.45, 2.75) is 5.41 Å². The van der Waals surface area contributed by atoms with E-state index in [9.17, 15) is 9.59 Å². The summed E-state index contributed by atoms with van der Waals surface area (Å²) >= 11 is 0. The molecule has 0 radical (unpaired) electrons. The molecule has 6 aromatic rings. The number of carbonyl (C=O) groups excluding carboxylic acids is 2. The van der Waals surface area contributed by atoms with Gasteiger partial charge in [-0.2, -0.15) is 0 Å². The van der Waals surface area contributed by atoms with Crippen LogP contribution in [0.4, 0.5) is 0 Å². The standard InChI is InChI=1S/C29H12O6/c30-23-7-8-24(31)35-20-6-2-4-18-28(20)26-16-10-14(12-22(26)33-18)29(16)13-9-15(29)25-21(11-13)32-17-3-1-5-19(34-23)27(17)25/h1-12H/b8-7-. The fourth-order valence-electron chi connectivity index (χ4n) is 6.22. The van der Waals surface area contributed by atoms with Crippen LogP contribution in [0.2, 0.25) is 0 Å². The van der Waals surface area contributed by atoms with Gasteiger partial charge in [0.05, 0.1) is 16.2 Å². The average molecular weight is 456 g/mol. The molecule has 3 heterocycles. The van der Waals surface area contributed by atoms with Crippen molar-refractivity contribution in [2.75, 3.05) is 0 Å². The largest absolute Gasteiger partial charge is 0.456 e. The number of hydrogen-bond donors (Lipinski definition) is 0. The number of esters is 2. The van der Waals surface area contributed by atoms with Crippen LogP contribution in [0.5, 0.6) is 11.5 Å². The molecule has 35 heavy (non-hydrogen) atoms. The summed E-state index contributed by atoms with van der Waals surface area (Å²) in [5.41, 5.74) is 6.87. The van der Waals surface area contributed by atoms with Gasteiger partial charge in [-0.1, -0.05) is 24.3 Å². The second-order valence-corrected chi connectivity index (χ2v) is 9.18. The Hall–Kier alpha value is -4.84. The van der Waals surface area contributed by atoms with E-state index in [2.05, 4.69) is 24.3 Å². The first-order valence-electron chi connectivity index (χ1n) is 11.2. The highest BCUT2D eigenvalue weighted by atomic mass is 16.5. The quantitative estimate of drug-likeness (QED) is 0.210. The van der Waals surface area contributed by atoms with Crippen LogP contribution in [-0.2, 0) is 15.0 Å². The van der Waals surface area contributed by atoms with Gasteiger partial charge in [-0.3, -0.25) is 0 Å². The zero-order valence-electron chi connectivity index (χ0n) is 17.9. The molecular weight excluding hydrogens is 444 g/mol. The summed E-state index contributed by atoms with van der Waals surface area (Å²) in [5, 5.41) is 3.34. The van der Waals surface area contributed by atoms with E-state index < -0.39 is 17.4 Å². The monoisotopic (exact) mass is 456 g/mol. The first kappa shape index (κ1) is 17.6. The summed E-state index contributed by atoms with van der Waals surface area (Å²) in [7, 11) is 0. The second kappa shape index (κ2) is 5.45. The van der Waals surface area contributed by atoms with Gasteiger partial charge < -0.3 is 18.3 Å². The van der Waals surface area contributed by atoms with E-state index in [-0.39, 0.29) is 0 Å². The zero-order chi connectivity index (χ0) is 23.1. The third-order valence-corrected chi connectivity index (χ3v) is 7.57. The van der Waals surface area contributed by atoms with Crippen LogP contribution in [0.1, 0.15) is 22.3 Å². The maximum Gasteiger partial charge on any atom is 0.336 e. The molecule has 0 N–H and O–H groups in total. The molecule has 0 amide bonds. The number of furan rings is 2. The third-order valence-electron chi connectivity index (χ3n) is 7.57. The van der Waals surface area contributed by atoms with Crippen molar-refractivity contribution < 1.29 is 27.9 Å². The molecule has 1 spiro atoms. The summed E-state index contributed by atoms with van der Waals surface area (Å²) in [5.74, 6) is -0.593. The lowest BCUT2D eigenvalue weighted by Gasteiger charge is -2.50. The smallest absolute Gasteiger partial charge is 0.336 e. The van der Waals surface area contributed by atoms with E-state index in [0.717, 1.165) is 67.1 Å². The number of hydrogen-bond acceptors (Lipinski definition) is 6. The zero-order valence-corrected chi connectivity index (χ0v) is 17.9. The molecule has 0 saturated carbocycles. The molecule has 164 valence electrons. The van der Waals surface area contributed by atoms with Gasteiger partial charge in [0.1, 0.15) is 33.8 Å². The third kappa shape index (κ3) is 1.84. The lowest BCUT2D eigenvalue weighted by molar-refractivity contribution is -0.131. The molecule has 0 atom stereocenters. The summed E-state index contributed by atoms with van der Waals surface area (Å²) in [6.07, 6.45) is 2.14. The van der Waals surface area contributed by atoms with E-state index >= 15 is 0 Å². The summed E-state index contributed by atoms with van der Waals surface area (Å²) in [4.78, 5) is 25.2. The number of benzene rings is 4. The minimum atomic E-state index is -0.678. The van der Waals surface area contributed by atoms with Gasteiger partial charge in [-0.15, -0.1) is 0 Å². The minimum Gasteiger partial charge on any atom is -0.456 e. The van der Waals surface area contributed by atoms with Crippen LogP contribution in [0.3, 0.4) is 0 Å². The molecule has 4 aliphatic carbocycles. The summed E-state index contributed by atoms with van der Waals surface area (Å²) in [6, 6.07) is 19.2. The molecule has 0 fully saturated rings. The van der Waals surface area contributed by atoms with E-state index in [4.69, 9.17) is 18.3 Å². The van der Waals surface area contributed by atoms with Crippen molar-refractivity contribution in [3.05, 3.63) is 95.1 Å². The molecule has 11 rings (SSSR count). The molecule has 1 aliphatic heterocycles. The van der Waals surface area contributed by atoms with Crippen molar-refractivity contribution >= 4 is 55.8 Å². The molecule has 0 unspecified atom stereocenters. The van der Waals surface area contributed by atoms with Crippen LogP contribution in [0.25, 0.3) is 43.9 Å². The first-order chi connectivity index (χ1) is 17.1. The lowest BCUT2D eigenvalue weighted by atomic mass is 9.51. The molecular formula is C29H12O6. The Morgan fingerprint density at radius 3 is 1.51 bits per heavy atom.